The first-order chi connectivity index (χ1) is 10.7. The van der Waals surface area contributed by atoms with Gasteiger partial charge in [0.05, 0.1) is 6.04 Å². The maximum absolute atomic E-state index is 12.0. The Morgan fingerprint density at radius 1 is 1.32 bits per heavy atom. The minimum absolute atomic E-state index is 0.109. The van der Waals surface area contributed by atoms with Gasteiger partial charge in [-0.25, -0.2) is 4.79 Å². The summed E-state index contributed by atoms with van der Waals surface area (Å²) in [6, 6.07) is 9.32. The highest BCUT2D eigenvalue weighted by molar-refractivity contribution is 6.30. The number of carbonyl (C=O) groups is 1. The van der Waals surface area contributed by atoms with Crippen molar-refractivity contribution < 1.29 is 9.53 Å². The van der Waals surface area contributed by atoms with Gasteiger partial charge in [-0.05, 0) is 49.1 Å². The van der Waals surface area contributed by atoms with Gasteiger partial charge in [0.25, 0.3) is 0 Å². The van der Waals surface area contributed by atoms with Crippen LogP contribution in [0, 0.1) is 0 Å². The van der Waals surface area contributed by atoms with Gasteiger partial charge < -0.3 is 4.74 Å². The summed E-state index contributed by atoms with van der Waals surface area (Å²) in [5, 5.41) is 4.93. The number of halogens is 1. The molecule has 22 heavy (non-hydrogen) atoms. The number of esters is 1. The van der Waals surface area contributed by atoms with E-state index in [0.717, 1.165) is 24.8 Å². The van der Waals surface area contributed by atoms with Crippen LogP contribution < -0.4 is 0 Å². The first-order valence-electron chi connectivity index (χ1n) is 7.36. The molecule has 0 radical (unpaired) electrons. The second kappa shape index (κ2) is 6.79. The zero-order chi connectivity index (χ0) is 15.4. The summed E-state index contributed by atoms with van der Waals surface area (Å²) < 4.78 is 7.46. The van der Waals surface area contributed by atoms with Crippen LogP contribution in [0.1, 0.15) is 30.9 Å². The number of aromatic nitrogens is 2. The van der Waals surface area contributed by atoms with E-state index in [0.29, 0.717) is 5.02 Å². The third kappa shape index (κ3) is 3.57. The highest BCUT2D eigenvalue weighted by Gasteiger charge is 2.31. The Bertz CT molecular complexity index is 650. The molecular formula is C17H17ClN2O2. The highest BCUT2D eigenvalue weighted by Crippen LogP contribution is 2.32. The number of hydrogen-bond acceptors (Lipinski definition) is 3. The van der Waals surface area contributed by atoms with E-state index in [9.17, 15) is 4.79 Å². The van der Waals surface area contributed by atoms with Crippen LogP contribution in [0.25, 0.3) is 6.08 Å². The fourth-order valence-corrected chi connectivity index (χ4v) is 2.88. The van der Waals surface area contributed by atoms with Crippen molar-refractivity contribution in [2.45, 2.75) is 31.4 Å². The third-order valence-corrected chi connectivity index (χ3v) is 4.08. The van der Waals surface area contributed by atoms with Crippen molar-refractivity contribution in [1.29, 1.82) is 0 Å². The van der Waals surface area contributed by atoms with Gasteiger partial charge in [-0.2, -0.15) is 5.10 Å². The first-order valence-corrected chi connectivity index (χ1v) is 7.73. The minimum atomic E-state index is -0.320. The molecule has 114 valence electrons. The number of hydrogen-bond donors (Lipinski definition) is 0. The lowest BCUT2D eigenvalue weighted by atomic mass is 10.2. The maximum Gasteiger partial charge on any atom is 0.331 e. The van der Waals surface area contributed by atoms with Crippen LogP contribution in [0.15, 0.2) is 48.8 Å². The molecule has 2 atom stereocenters. The fourth-order valence-electron chi connectivity index (χ4n) is 2.75. The van der Waals surface area contributed by atoms with Crippen LogP contribution >= 0.6 is 11.6 Å². The van der Waals surface area contributed by atoms with Gasteiger partial charge in [-0.1, -0.05) is 23.7 Å². The number of ether oxygens (including phenoxy) is 1. The van der Waals surface area contributed by atoms with E-state index in [1.165, 1.54) is 6.08 Å². The lowest BCUT2D eigenvalue weighted by Gasteiger charge is -2.19. The van der Waals surface area contributed by atoms with Crippen molar-refractivity contribution >= 4 is 23.6 Å². The quantitative estimate of drug-likeness (QED) is 0.635. The van der Waals surface area contributed by atoms with Crippen LogP contribution in [-0.2, 0) is 9.53 Å². The second-order valence-electron chi connectivity index (χ2n) is 5.34. The molecule has 0 unspecified atom stereocenters. The number of benzene rings is 1. The lowest BCUT2D eigenvalue weighted by Crippen LogP contribution is -2.24. The van der Waals surface area contributed by atoms with E-state index < -0.39 is 0 Å². The Hall–Kier alpha value is -2.07. The summed E-state index contributed by atoms with van der Waals surface area (Å²) in [7, 11) is 0. The molecule has 1 aliphatic carbocycles. The van der Waals surface area contributed by atoms with E-state index in [4.69, 9.17) is 16.3 Å². The highest BCUT2D eigenvalue weighted by atomic mass is 35.5. The van der Waals surface area contributed by atoms with Crippen molar-refractivity contribution in [3.63, 3.8) is 0 Å². The Labute approximate surface area is 134 Å². The van der Waals surface area contributed by atoms with Gasteiger partial charge in [0.1, 0.15) is 6.10 Å². The summed E-state index contributed by atoms with van der Waals surface area (Å²) in [5.41, 5.74) is 0.913. The molecule has 3 rings (SSSR count). The van der Waals surface area contributed by atoms with Crippen LogP contribution in [0.5, 0.6) is 0 Å². The molecule has 0 aliphatic heterocycles. The van der Waals surface area contributed by atoms with Gasteiger partial charge in [0.15, 0.2) is 0 Å². The Morgan fingerprint density at radius 3 is 2.86 bits per heavy atom. The van der Waals surface area contributed by atoms with Crippen molar-refractivity contribution in [2.75, 3.05) is 0 Å². The molecule has 0 amide bonds. The molecule has 1 saturated carbocycles. The van der Waals surface area contributed by atoms with Gasteiger partial charge in [-0.15, -0.1) is 0 Å². The molecule has 0 bridgehead atoms. The predicted octanol–water partition coefficient (Wildman–Crippen LogP) is 3.89. The van der Waals surface area contributed by atoms with Crippen molar-refractivity contribution in [2.24, 2.45) is 0 Å². The van der Waals surface area contributed by atoms with E-state index in [-0.39, 0.29) is 18.1 Å². The summed E-state index contributed by atoms with van der Waals surface area (Å²) in [6.07, 6.45) is 9.66. The van der Waals surface area contributed by atoms with Crippen LogP contribution in [0.3, 0.4) is 0 Å². The molecule has 0 N–H and O–H groups in total. The Morgan fingerprint density at radius 2 is 2.14 bits per heavy atom. The van der Waals surface area contributed by atoms with E-state index >= 15 is 0 Å². The zero-order valence-corrected chi connectivity index (χ0v) is 12.8. The van der Waals surface area contributed by atoms with Crippen LogP contribution in [-0.4, -0.2) is 21.9 Å². The maximum atomic E-state index is 12.0. The molecule has 1 aromatic carbocycles. The first kappa shape index (κ1) is 14.9. The van der Waals surface area contributed by atoms with Crippen LogP contribution in [0.4, 0.5) is 0 Å². The number of nitrogens with zero attached hydrogens (tertiary/aromatic N) is 2. The predicted molar refractivity (Wildman–Crippen MR) is 85.5 cm³/mol. The molecule has 2 aromatic rings. The topological polar surface area (TPSA) is 44.1 Å². The molecule has 0 spiro atoms. The van der Waals surface area contributed by atoms with Crippen LogP contribution in [0.2, 0.25) is 5.02 Å². The van der Waals surface area contributed by atoms with Gasteiger partial charge >= 0.3 is 5.97 Å². The molecule has 1 heterocycles. The molecule has 1 fully saturated rings. The van der Waals surface area contributed by atoms with Crippen molar-refractivity contribution in [3.8, 4) is 0 Å². The zero-order valence-electron chi connectivity index (χ0n) is 12.1. The normalized spacial score (nSPS) is 21.3. The molecule has 5 heteroatoms. The average Bonchev–Trinajstić information content (AvgIpc) is 3.17. The molecule has 1 aliphatic rings. The molecule has 4 nitrogen and oxygen atoms in total. The summed E-state index contributed by atoms with van der Waals surface area (Å²) >= 11 is 5.83. The minimum Gasteiger partial charge on any atom is -0.457 e. The van der Waals surface area contributed by atoms with E-state index in [1.54, 1.807) is 24.4 Å². The second-order valence-corrected chi connectivity index (χ2v) is 5.78. The number of rotatable bonds is 4. The van der Waals surface area contributed by atoms with Crippen molar-refractivity contribution in [1.82, 2.24) is 9.78 Å². The largest absolute Gasteiger partial charge is 0.457 e. The standard InChI is InChI=1S/C17H17ClN2O2/c18-14-8-5-13(6-9-14)7-10-17(21)22-16-4-1-3-15(16)20-12-2-11-19-20/h2,5-12,15-16H,1,3-4H2/b10-7+/t15-,16-/m1/s1. The summed E-state index contributed by atoms with van der Waals surface area (Å²) in [5.74, 6) is -0.320. The lowest BCUT2D eigenvalue weighted by molar-refractivity contribution is -0.144. The van der Waals surface area contributed by atoms with E-state index in [2.05, 4.69) is 5.10 Å². The SMILES string of the molecule is O=C(/C=C/c1ccc(Cl)cc1)O[C@@H]1CCC[C@H]1n1cccn1. The summed E-state index contributed by atoms with van der Waals surface area (Å²) in [4.78, 5) is 12.0. The summed E-state index contributed by atoms with van der Waals surface area (Å²) in [6.45, 7) is 0. The van der Waals surface area contributed by atoms with Gasteiger partial charge in [-0.3, -0.25) is 4.68 Å². The van der Waals surface area contributed by atoms with E-state index in [1.807, 2.05) is 29.1 Å². The molecule has 0 saturated heterocycles. The van der Waals surface area contributed by atoms with Gasteiger partial charge in [0, 0.05) is 23.5 Å². The Kier molecular flexibility index (Phi) is 4.59. The number of carbonyl (C=O) groups excluding carboxylic acids is 1. The van der Waals surface area contributed by atoms with Crippen molar-refractivity contribution in [3.05, 3.63) is 59.4 Å². The Balaban J connectivity index is 1.60. The van der Waals surface area contributed by atoms with Gasteiger partial charge in [0.2, 0.25) is 0 Å². The molecule has 1 aromatic heterocycles. The smallest absolute Gasteiger partial charge is 0.331 e. The molecular weight excluding hydrogens is 300 g/mol. The fraction of sp³-hybridized carbons (Fsp3) is 0.294. The third-order valence-electron chi connectivity index (χ3n) is 3.83. The average molecular weight is 317 g/mol. The monoisotopic (exact) mass is 316 g/mol.